The van der Waals surface area contributed by atoms with Gasteiger partial charge in [-0.2, -0.15) is 0 Å². The lowest BCUT2D eigenvalue weighted by Crippen LogP contribution is -2.28. The molecule has 7 heteroatoms. The minimum atomic E-state index is -3.74. The van der Waals surface area contributed by atoms with E-state index in [1.807, 2.05) is 44.4 Å². The summed E-state index contributed by atoms with van der Waals surface area (Å²) in [7, 11) is -3.74. The van der Waals surface area contributed by atoms with Crippen LogP contribution in [0.1, 0.15) is 44.4 Å². The first-order chi connectivity index (χ1) is 13.2. The third-order valence-electron chi connectivity index (χ3n) is 4.45. The first-order valence-electron chi connectivity index (χ1n) is 9.25. The molecule has 0 spiro atoms. The number of hydrogen-bond acceptors (Lipinski definition) is 4. The number of hydrogen-bond donors (Lipinski definition) is 2. The van der Waals surface area contributed by atoms with Crippen LogP contribution in [0.2, 0.25) is 0 Å². The van der Waals surface area contributed by atoms with E-state index in [4.69, 9.17) is 0 Å². The van der Waals surface area contributed by atoms with Crippen molar-refractivity contribution in [2.75, 3.05) is 11.6 Å². The van der Waals surface area contributed by atoms with Crippen molar-refractivity contribution >= 4 is 33.4 Å². The number of nitrogens with one attached hydrogen (secondary N) is 2. The quantitative estimate of drug-likeness (QED) is 0.605. The Hall–Kier alpha value is -1.83. The van der Waals surface area contributed by atoms with E-state index >= 15 is 0 Å². The molecule has 0 heterocycles. The lowest BCUT2D eigenvalue weighted by atomic mass is 10.0. The normalized spacial score (nSPS) is 12.8. The van der Waals surface area contributed by atoms with Crippen LogP contribution in [0.4, 0.5) is 5.69 Å². The van der Waals surface area contributed by atoms with Crippen molar-refractivity contribution in [2.24, 2.45) is 5.92 Å². The van der Waals surface area contributed by atoms with E-state index < -0.39 is 10.0 Å². The highest BCUT2D eigenvalue weighted by molar-refractivity contribution is 7.98. The van der Waals surface area contributed by atoms with Gasteiger partial charge in [-0.05, 0) is 43.4 Å². The van der Waals surface area contributed by atoms with Crippen molar-refractivity contribution < 1.29 is 13.2 Å². The van der Waals surface area contributed by atoms with E-state index in [1.165, 1.54) is 17.8 Å². The highest BCUT2D eigenvalue weighted by Crippen LogP contribution is 2.29. The molecular weight excluding hydrogens is 392 g/mol. The number of amides is 1. The van der Waals surface area contributed by atoms with Gasteiger partial charge in [0.2, 0.25) is 15.9 Å². The van der Waals surface area contributed by atoms with Crippen molar-refractivity contribution in [3.8, 4) is 0 Å². The smallest absolute Gasteiger partial charge is 0.241 e. The third kappa shape index (κ3) is 5.59. The standard InChI is InChI=1S/C21H28N2O3S2/c1-6-18(16-9-7-15(4)8-10-16)23-28(25,26)17-11-12-20(27-5)19(13-17)22-21(24)14(2)3/h7-14,18,23H,6H2,1-5H3,(H,22,24)/t18-/m1/s1. The van der Waals surface area contributed by atoms with Gasteiger partial charge in [0.25, 0.3) is 0 Å². The average Bonchev–Trinajstić information content (AvgIpc) is 2.66. The van der Waals surface area contributed by atoms with E-state index in [2.05, 4.69) is 10.0 Å². The molecule has 0 aromatic heterocycles. The Kier molecular flexibility index (Phi) is 7.69. The first-order valence-corrected chi connectivity index (χ1v) is 12.0. The number of anilines is 1. The zero-order valence-corrected chi connectivity index (χ0v) is 18.6. The highest BCUT2D eigenvalue weighted by Gasteiger charge is 2.22. The molecule has 2 aromatic carbocycles. The molecule has 0 radical (unpaired) electrons. The van der Waals surface area contributed by atoms with E-state index in [1.54, 1.807) is 26.0 Å². The molecule has 0 fully saturated rings. The molecule has 0 bridgehead atoms. The summed E-state index contributed by atoms with van der Waals surface area (Å²) in [6.07, 6.45) is 2.51. The minimum Gasteiger partial charge on any atom is -0.325 e. The number of carbonyl (C=O) groups excluding carboxylic acids is 1. The van der Waals surface area contributed by atoms with Crippen LogP contribution in [0.3, 0.4) is 0 Å². The summed E-state index contributed by atoms with van der Waals surface area (Å²) < 4.78 is 28.8. The maximum absolute atomic E-state index is 13.0. The van der Waals surface area contributed by atoms with Gasteiger partial charge in [-0.3, -0.25) is 4.79 Å². The fraction of sp³-hybridized carbons (Fsp3) is 0.381. The van der Waals surface area contributed by atoms with Gasteiger partial charge >= 0.3 is 0 Å². The maximum atomic E-state index is 13.0. The van der Waals surface area contributed by atoms with E-state index in [9.17, 15) is 13.2 Å². The second-order valence-corrected chi connectivity index (χ2v) is 9.56. The average molecular weight is 421 g/mol. The lowest BCUT2D eigenvalue weighted by molar-refractivity contribution is -0.118. The Labute approximate surface area is 172 Å². The van der Waals surface area contributed by atoms with Gasteiger partial charge in [-0.1, -0.05) is 50.6 Å². The summed E-state index contributed by atoms with van der Waals surface area (Å²) >= 11 is 1.46. The molecule has 0 aliphatic rings. The Bertz CT molecular complexity index is 923. The SMILES string of the molecule is CC[C@@H](NS(=O)(=O)c1ccc(SC)c(NC(=O)C(C)C)c1)c1ccc(C)cc1. The molecule has 2 rings (SSSR count). The van der Waals surface area contributed by atoms with Crippen LogP contribution in [0.5, 0.6) is 0 Å². The fourth-order valence-electron chi connectivity index (χ4n) is 2.67. The van der Waals surface area contributed by atoms with Crippen LogP contribution in [0, 0.1) is 12.8 Å². The van der Waals surface area contributed by atoms with Crippen molar-refractivity contribution in [3.05, 3.63) is 53.6 Å². The van der Waals surface area contributed by atoms with Crippen LogP contribution in [0.15, 0.2) is 52.3 Å². The van der Waals surface area contributed by atoms with Gasteiger partial charge in [0, 0.05) is 16.9 Å². The zero-order chi connectivity index (χ0) is 20.9. The van der Waals surface area contributed by atoms with Crippen LogP contribution >= 0.6 is 11.8 Å². The van der Waals surface area contributed by atoms with Crippen LogP contribution in [-0.2, 0) is 14.8 Å². The van der Waals surface area contributed by atoms with E-state index in [-0.39, 0.29) is 22.8 Å². The summed E-state index contributed by atoms with van der Waals surface area (Å²) in [5.74, 6) is -0.344. The van der Waals surface area contributed by atoms with Crippen LogP contribution < -0.4 is 10.0 Å². The van der Waals surface area contributed by atoms with Gasteiger partial charge < -0.3 is 5.32 Å². The molecule has 1 atom stereocenters. The van der Waals surface area contributed by atoms with Crippen LogP contribution in [0.25, 0.3) is 0 Å². The topological polar surface area (TPSA) is 75.3 Å². The summed E-state index contributed by atoms with van der Waals surface area (Å²) in [4.78, 5) is 13.0. The van der Waals surface area contributed by atoms with Crippen molar-refractivity contribution in [1.82, 2.24) is 4.72 Å². The van der Waals surface area contributed by atoms with Crippen LogP contribution in [-0.4, -0.2) is 20.6 Å². The second kappa shape index (κ2) is 9.58. The number of rotatable bonds is 8. The number of thioether (sulfide) groups is 1. The van der Waals surface area contributed by atoms with Crippen molar-refractivity contribution in [1.29, 1.82) is 0 Å². The lowest BCUT2D eigenvalue weighted by Gasteiger charge is -2.19. The third-order valence-corrected chi connectivity index (χ3v) is 6.71. The molecule has 0 saturated carbocycles. The molecule has 2 N–H and O–H groups in total. The van der Waals surface area contributed by atoms with E-state index in [0.29, 0.717) is 12.1 Å². The zero-order valence-electron chi connectivity index (χ0n) is 16.9. The molecule has 1 amide bonds. The molecular formula is C21H28N2O3S2. The largest absolute Gasteiger partial charge is 0.325 e. The first kappa shape index (κ1) is 22.5. The maximum Gasteiger partial charge on any atom is 0.241 e. The van der Waals surface area contributed by atoms with Crippen molar-refractivity contribution in [3.63, 3.8) is 0 Å². The Morgan fingerprint density at radius 1 is 1.11 bits per heavy atom. The molecule has 0 aliphatic heterocycles. The minimum absolute atomic E-state index is 0.134. The number of carbonyl (C=O) groups is 1. The molecule has 2 aromatic rings. The second-order valence-electron chi connectivity index (χ2n) is 7.00. The predicted molar refractivity (Wildman–Crippen MR) is 116 cm³/mol. The molecule has 5 nitrogen and oxygen atoms in total. The van der Waals surface area contributed by atoms with E-state index in [0.717, 1.165) is 16.0 Å². The molecule has 28 heavy (non-hydrogen) atoms. The van der Waals surface area contributed by atoms with Gasteiger partial charge in [0.05, 0.1) is 10.6 Å². The molecule has 0 aliphatic carbocycles. The number of benzene rings is 2. The molecule has 0 saturated heterocycles. The summed E-state index contributed by atoms with van der Waals surface area (Å²) in [5, 5.41) is 2.83. The molecule has 152 valence electrons. The number of aryl methyl sites for hydroxylation is 1. The predicted octanol–water partition coefficient (Wildman–Crippen LogP) is 4.74. The summed E-state index contributed by atoms with van der Waals surface area (Å²) in [5.41, 5.74) is 2.56. The summed E-state index contributed by atoms with van der Waals surface area (Å²) in [6.45, 7) is 7.53. The van der Waals surface area contributed by atoms with Crippen molar-refractivity contribution in [2.45, 2.75) is 49.9 Å². The highest BCUT2D eigenvalue weighted by atomic mass is 32.2. The Morgan fingerprint density at radius 3 is 2.29 bits per heavy atom. The van der Waals surface area contributed by atoms with Gasteiger partial charge in [0.1, 0.15) is 0 Å². The van der Waals surface area contributed by atoms with Gasteiger partial charge in [-0.15, -0.1) is 11.8 Å². The van der Waals surface area contributed by atoms with Gasteiger partial charge in [-0.25, -0.2) is 13.1 Å². The summed E-state index contributed by atoms with van der Waals surface area (Å²) in [6, 6.07) is 12.3. The van der Waals surface area contributed by atoms with Gasteiger partial charge in [0.15, 0.2) is 0 Å². The Balaban J connectivity index is 2.33. The fourth-order valence-corrected chi connectivity index (χ4v) is 4.54. The number of sulfonamides is 1. The monoisotopic (exact) mass is 420 g/mol. The Morgan fingerprint density at radius 2 is 1.75 bits per heavy atom. The molecule has 0 unspecified atom stereocenters.